The topological polar surface area (TPSA) is 111 Å². The fourth-order valence-electron chi connectivity index (χ4n) is 4.52. The van der Waals surface area contributed by atoms with Gasteiger partial charge in [0.25, 0.3) is 7.82 Å². The molecule has 0 saturated carbocycles. The van der Waals surface area contributed by atoms with Crippen LogP contribution in [0.3, 0.4) is 0 Å². The Labute approximate surface area is 305 Å². The second kappa shape index (κ2) is 32.6. The summed E-state index contributed by atoms with van der Waals surface area (Å²) in [6.45, 7) is 4.03. The van der Waals surface area contributed by atoms with E-state index in [1.807, 2.05) is 33.3 Å². The molecule has 0 aromatic carbocycles. The van der Waals surface area contributed by atoms with Crippen LogP contribution in [0.15, 0.2) is 60.8 Å². The summed E-state index contributed by atoms with van der Waals surface area (Å²) >= 11 is 0. The van der Waals surface area contributed by atoms with Crippen molar-refractivity contribution in [2.45, 2.75) is 136 Å². The molecule has 0 aromatic heterocycles. The van der Waals surface area contributed by atoms with Crippen molar-refractivity contribution in [2.75, 3.05) is 47.5 Å². The highest BCUT2D eigenvalue weighted by Crippen LogP contribution is 2.38. The highest BCUT2D eigenvalue weighted by Gasteiger charge is 2.21. The molecule has 0 saturated heterocycles. The monoisotopic (exact) mass is 723 g/mol. The Morgan fingerprint density at radius 2 is 1.12 bits per heavy atom. The molecule has 0 rings (SSSR count). The van der Waals surface area contributed by atoms with Crippen LogP contribution < -0.4 is 4.89 Å². The van der Waals surface area contributed by atoms with Crippen molar-refractivity contribution in [3.63, 3.8) is 0 Å². The molecule has 0 fully saturated rings. The maximum Gasteiger partial charge on any atom is 0.306 e. The van der Waals surface area contributed by atoms with Crippen LogP contribution in [0.1, 0.15) is 129 Å². The van der Waals surface area contributed by atoms with E-state index in [1.165, 1.54) is 44.9 Å². The molecule has 0 amide bonds. The van der Waals surface area contributed by atoms with Gasteiger partial charge in [0.1, 0.15) is 19.8 Å². The molecule has 0 aliphatic heterocycles. The number of carbonyl (C=O) groups excluding carboxylic acids is 2. The quantitative estimate of drug-likeness (QED) is 0.0217. The fraction of sp³-hybridized carbons (Fsp3) is 0.700. The summed E-state index contributed by atoms with van der Waals surface area (Å²) < 4.78 is 33.5. The van der Waals surface area contributed by atoms with Gasteiger partial charge in [-0.25, -0.2) is 0 Å². The molecule has 0 heterocycles. The molecule has 50 heavy (non-hydrogen) atoms. The molecular weight excluding hydrogens is 653 g/mol. The number of rotatable bonds is 33. The molecule has 10 heteroatoms. The van der Waals surface area contributed by atoms with Gasteiger partial charge in [0.15, 0.2) is 6.10 Å². The molecule has 0 aliphatic rings. The number of allylic oxidation sites excluding steroid dienone is 10. The lowest BCUT2D eigenvalue weighted by Gasteiger charge is -2.28. The normalized spacial score (nSPS) is 14.4. The maximum absolute atomic E-state index is 12.5. The second-order valence-electron chi connectivity index (χ2n) is 13.6. The minimum atomic E-state index is -4.63. The van der Waals surface area contributed by atoms with Crippen LogP contribution in [0.4, 0.5) is 0 Å². The standard InChI is InChI=1S/C40H70NO8P/c1-6-8-10-12-14-15-16-17-18-19-20-21-22-23-24-25-27-29-31-33-40(43)49-38(37-48-50(44,45)47-35-34-41(3,4)5)36-46-39(42)32-30-28-26-13-11-9-7-2/h14-15,17-18,20-21,23-24,27,29,38H,6-13,16,19,22,25-26,28,30-37H2,1-5H3/b15-14+,18-17+,21-20+,24-23+,29-27+/t38-/m1/s1. The van der Waals surface area contributed by atoms with Gasteiger partial charge in [0.05, 0.1) is 27.7 Å². The van der Waals surface area contributed by atoms with Gasteiger partial charge in [-0.3, -0.25) is 14.2 Å². The van der Waals surface area contributed by atoms with Crippen molar-refractivity contribution in [3.8, 4) is 0 Å². The maximum atomic E-state index is 12.5. The Kier molecular flexibility index (Phi) is 31.1. The summed E-state index contributed by atoms with van der Waals surface area (Å²) in [7, 11) is 1.11. The number of carbonyl (C=O) groups is 2. The Morgan fingerprint density at radius 3 is 1.68 bits per heavy atom. The molecule has 9 nitrogen and oxygen atoms in total. The first-order valence-electron chi connectivity index (χ1n) is 19.0. The molecule has 0 spiro atoms. The smallest absolute Gasteiger partial charge is 0.306 e. The van der Waals surface area contributed by atoms with Crippen molar-refractivity contribution in [3.05, 3.63) is 60.8 Å². The van der Waals surface area contributed by atoms with E-state index in [-0.39, 0.29) is 26.1 Å². The summed E-state index contributed by atoms with van der Waals surface area (Å²) in [6.07, 6.45) is 37.1. The average Bonchev–Trinajstić information content (AvgIpc) is 3.06. The first kappa shape index (κ1) is 47.7. The van der Waals surface area contributed by atoms with Crippen LogP contribution in [0.5, 0.6) is 0 Å². The van der Waals surface area contributed by atoms with Gasteiger partial charge in [-0.15, -0.1) is 0 Å². The number of nitrogens with zero attached hydrogens (tertiary/aromatic N) is 1. The van der Waals surface area contributed by atoms with E-state index < -0.39 is 32.5 Å². The third-order valence-electron chi connectivity index (χ3n) is 7.55. The number of unbranched alkanes of at least 4 members (excludes halogenated alkanes) is 9. The van der Waals surface area contributed by atoms with Gasteiger partial charge >= 0.3 is 11.9 Å². The number of phosphoric acid groups is 1. The predicted molar refractivity (Wildman–Crippen MR) is 203 cm³/mol. The Morgan fingerprint density at radius 1 is 0.620 bits per heavy atom. The summed E-state index contributed by atoms with van der Waals surface area (Å²) in [5, 5.41) is 0. The average molecular weight is 724 g/mol. The van der Waals surface area contributed by atoms with Crippen molar-refractivity contribution in [1.29, 1.82) is 0 Å². The van der Waals surface area contributed by atoms with Crippen LogP contribution in [0.2, 0.25) is 0 Å². The van der Waals surface area contributed by atoms with Crippen molar-refractivity contribution in [1.82, 2.24) is 0 Å². The van der Waals surface area contributed by atoms with Crippen molar-refractivity contribution in [2.24, 2.45) is 0 Å². The van der Waals surface area contributed by atoms with E-state index in [0.29, 0.717) is 17.4 Å². The molecule has 1 unspecified atom stereocenters. The van der Waals surface area contributed by atoms with E-state index in [2.05, 4.69) is 62.5 Å². The Hall–Kier alpha value is -2.29. The van der Waals surface area contributed by atoms with Crippen LogP contribution >= 0.6 is 7.82 Å². The lowest BCUT2D eigenvalue weighted by atomic mass is 10.1. The van der Waals surface area contributed by atoms with Gasteiger partial charge in [-0.2, -0.15) is 0 Å². The number of quaternary nitrogens is 1. The van der Waals surface area contributed by atoms with E-state index in [4.69, 9.17) is 18.5 Å². The first-order valence-corrected chi connectivity index (χ1v) is 20.5. The number of esters is 2. The first-order chi connectivity index (χ1) is 24.0. The molecule has 2 atom stereocenters. The molecule has 0 bridgehead atoms. The zero-order valence-corrected chi connectivity index (χ0v) is 33.0. The molecular formula is C40H70NO8P. The molecule has 0 radical (unpaired) electrons. The SMILES string of the molecule is CCCCC/C=C/C/C=C/C/C=C/C/C=C/C/C=C/CCC(=O)O[C@H](COC(=O)CCCCCCCCC)COP(=O)([O-])OCC[N+](C)(C)C. The zero-order chi connectivity index (χ0) is 37.2. The summed E-state index contributed by atoms with van der Waals surface area (Å²) in [4.78, 5) is 37.1. The van der Waals surface area contributed by atoms with Crippen LogP contribution in [-0.4, -0.2) is 70.0 Å². The minimum Gasteiger partial charge on any atom is -0.756 e. The summed E-state index contributed by atoms with van der Waals surface area (Å²) in [5.41, 5.74) is 0. The lowest BCUT2D eigenvalue weighted by molar-refractivity contribution is -0.870. The van der Waals surface area contributed by atoms with E-state index in [0.717, 1.165) is 51.4 Å². The van der Waals surface area contributed by atoms with Crippen LogP contribution in [0, 0.1) is 0 Å². The number of phosphoric ester groups is 1. The second-order valence-corrected chi connectivity index (χ2v) is 15.0. The van der Waals surface area contributed by atoms with Gasteiger partial charge in [-0.1, -0.05) is 126 Å². The number of hydrogen-bond donors (Lipinski definition) is 0. The van der Waals surface area contributed by atoms with Gasteiger partial charge < -0.3 is 27.9 Å². The van der Waals surface area contributed by atoms with E-state index >= 15 is 0 Å². The molecule has 0 N–H and O–H groups in total. The zero-order valence-electron chi connectivity index (χ0n) is 32.1. The summed E-state index contributed by atoms with van der Waals surface area (Å²) in [6, 6.07) is 0. The van der Waals surface area contributed by atoms with Crippen molar-refractivity contribution >= 4 is 19.8 Å². The van der Waals surface area contributed by atoms with Crippen LogP contribution in [0.25, 0.3) is 0 Å². The largest absolute Gasteiger partial charge is 0.756 e. The molecule has 0 aromatic rings. The predicted octanol–water partition coefficient (Wildman–Crippen LogP) is 9.49. The van der Waals surface area contributed by atoms with E-state index in [9.17, 15) is 19.0 Å². The third kappa shape index (κ3) is 35.5. The number of ether oxygens (including phenoxy) is 2. The van der Waals surface area contributed by atoms with E-state index in [1.54, 1.807) is 0 Å². The van der Waals surface area contributed by atoms with Gasteiger partial charge in [0, 0.05) is 12.8 Å². The highest BCUT2D eigenvalue weighted by molar-refractivity contribution is 7.45. The fourth-order valence-corrected chi connectivity index (χ4v) is 5.25. The van der Waals surface area contributed by atoms with Crippen molar-refractivity contribution < 1.29 is 42.1 Å². The number of likely N-dealkylation sites (N-methyl/N-ethyl adjacent to an activating group) is 1. The minimum absolute atomic E-state index is 0.0461. The number of hydrogen-bond acceptors (Lipinski definition) is 8. The lowest BCUT2D eigenvalue weighted by Crippen LogP contribution is -2.37. The molecule has 288 valence electrons. The molecule has 0 aliphatic carbocycles. The van der Waals surface area contributed by atoms with Gasteiger partial charge in [0.2, 0.25) is 0 Å². The van der Waals surface area contributed by atoms with Gasteiger partial charge in [-0.05, 0) is 51.4 Å². The third-order valence-corrected chi connectivity index (χ3v) is 8.52. The Balaban J connectivity index is 4.53. The Bertz CT molecular complexity index is 1040. The van der Waals surface area contributed by atoms with Crippen LogP contribution in [-0.2, 0) is 32.7 Å². The highest BCUT2D eigenvalue weighted by atomic mass is 31.2. The summed E-state index contributed by atoms with van der Waals surface area (Å²) in [5.74, 6) is -0.945.